The second-order valence-electron chi connectivity index (χ2n) is 3.95. The summed E-state index contributed by atoms with van der Waals surface area (Å²) in [6.45, 7) is 3.95. The molecule has 1 aromatic heterocycles. The van der Waals surface area contributed by atoms with Crippen LogP contribution in [-0.2, 0) is 0 Å². The molecular formula is C13H14ClNO. The van der Waals surface area contributed by atoms with Crippen LogP contribution in [0.1, 0.15) is 28.5 Å². The molecule has 1 atom stereocenters. The molecule has 1 unspecified atom stereocenters. The Kier molecular flexibility index (Phi) is 3.03. The molecule has 0 aliphatic heterocycles. The first-order chi connectivity index (χ1) is 7.59. The van der Waals surface area contributed by atoms with E-state index >= 15 is 0 Å². The van der Waals surface area contributed by atoms with Gasteiger partial charge in [-0.15, -0.1) is 0 Å². The average Bonchev–Trinajstić information content (AvgIpc) is 2.67. The fourth-order valence-corrected chi connectivity index (χ4v) is 1.85. The summed E-state index contributed by atoms with van der Waals surface area (Å²) < 4.78 is 5.38. The fourth-order valence-electron chi connectivity index (χ4n) is 1.66. The number of aryl methyl sites for hydroxylation is 2. The third-order valence-electron chi connectivity index (χ3n) is 2.74. The predicted molar refractivity (Wildman–Crippen MR) is 65.7 cm³/mol. The second-order valence-corrected chi connectivity index (χ2v) is 4.36. The molecule has 2 nitrogen and oxygen atoms in total. The van der Waals surface area contributed by atoms with Crippen LogP contribution in [0, 0.1) is 13.8 Å². The second kappa shape index (κ2) is 4.32. The van der Waals surface area contributed by atoms with E-state index in [2.05, 4.69) is 0 Å². The van der Waals surface area contributed by atoms with Crippen LogP contribution in [0.15, 0.2) is 34.9 Å². The van der Waals surface area contributed by atoms with Gasteiger partial charge in [0.05, 0.1) is 12.3 Å². The molecule has 0 radical (unpaired) electrons. The molecule has 0 aliphatic rings. The van der Waals surface area contributed by atoms with Crippen molar-refractivity contribution in [1.29, 1.82) is 0 Å². The monoisotopic (exact) mass is 235 g/mol. The molecule has 0 bridgehead atoms. The Hall–Kier alpha value is -1.25. The van der Waals surface area contributed by atoms with Crippen LogP contribution in [0.2, 0.25) is 5.02 Å². The van der Waals surface area contributed by atoms with Gasteiger partial charge in [0.25, 0.3) is 0 Å². The summed E-state index contributed by atoms with van der Waals surface area (Å²) in [5, 5.41) is 0.733. The molecule has 2 rings (SSSR count). The minimum Gasteiger partial charge on any atom is -0.467 e. The minimum absolute atomic E-state index is 0.256. The Labute approximate surface area is 100 Å². The number of hydrogen-bond donors (Lipinski definition) is 1. The van der Waals surface area contributed by atoms with E-state index < -0.39 is 0 Å². The number of nitrogens with two attached hydrogens (primary N) is 1. The quantitative estimate of drug-likeness (QED) is 0.864. The number of hydrogen-bond acceptors (Lipinski definition) is 2. The Balaban J connectivity index is 2.38. The topological polar surface area (TPSA) is 39.2 Å². The van der Waals surface area contributed by atoms with Crippen LogP contribution in [0.3, 0.4) is 0 Å². The van der Waals surface area contributed by atoms with E-state index in [0.29, 0.717) is 0 Å². The highest BCUT2D eigenvalue weighted by Crippen LogP contribution is 2.26. The molecular weight excluding hydrogens is 222 g/mol. The van der Waals surface area contributed by atoms with Crippen molar-refractivity contribution >= 4 is 11.6 Å². The summed E-state index contributed by atoms with van der Waals surface area (Å²) in [4.78, 5) is 0. The van der Waals surface area contributed by atoms with Gasteiger partial charge < -0.3 is 10.2 Å². The van der Waals surface area contributed by atoms with Crippen molar-refractivity contribution in [2.75, 3.05) is 0 Å². The molecule has 16 heavy (non-hydrogen) atoms. The molecule has 84 valence electrons. The molecule has 0 aliphatic carbocycles. The highest BCUT2D eigenvalue weighted by molar-refractivity contribution is 6.31. The molecule has 1 heterocycles. The summed E-state index contributed by atoms with van der Waals surface area (Å²) in [5.74, 6) is 0.792. The zero-order valence-electron chi connectivity index (χ0n) is 9.33. The largest absolute Gasteiger partial charge is 0.467 e. The van der Waals surface area contributed by atoms with Crippen molar-refractivity contribution in [1.82, 2.24) is 0 Å². The number of halogens is 1. The molecule has 2 N–H and O–H groups in total. The molecule has 0 fully saturated rings. The Morgan fingerprint density at radius 2 is 1.94 bits per heavy atom. The van der Waals surface area contributed by atoms with Gasteiger partial charge in [-0.1, -0.05) is 23.7 Å². The van der Waals surface area contributed by atoms with E-state index in [1.165, 1.54) is 0 Å². The molecule has 0 amide bonds. The maximum atomic E-state index is 6.13. The van der Waals surface area contributed by atoms with Gasteiger partial charge in [-0.05, 0) is 42.7 Å². The van der Waals surface area contributed by atoms with Crippen LogP contribution < -0.4 is 5.73 Å². The molecule has 0 spiro atoms. The van der Waals surface area contributed by atoms with E-state index in [0.717, 1.165) is 27.5 Å². The Bertz CT molecular complexity index is 504. The molecule has 0 saturated carbocycles. The minimum atomic E-state index is -0.256. The zero-order valence-corrected chi connectivity index (χ0v) is 10.1. The van der Waals surface area contributed by atoms with Gasteiger partial charge in [0, 0.05) is 5.02 Å². The van der Waals surface area contributed by atoms with Gasteiger partial charge in [-0.2, -0.15) is 0 Å². The van der Waals surface area contributed by atoms with Crippen LogP contribution in [0.25, 0.3) is 0 Å². The lowest BCUT2D eigenvalue weighted by molar-refractivity contribution is 0.487. The first-order valence-corrected chi connectivity index (χ1v) is 5.53. The normalized spacial score (nSPS) is 12.8. The molecule has 2 aromatic rings. The van der Waals surface area contributed by atoms with Crippen LogP contribution in [0.4, 0.5) is 0 Å². The highest BCUT2D eigenvalue weighted by Gasteiger charge is 2.15. The van der Waals surface area contributed by atoms with E-state index in [1.54, 1.807) is 6.26 Å². The smallest absolute Gasteiger partial charge is 0.127 e. The Morgan fingerprint density at radius 3 is 2.50 bits per heavy atom. The number of furan rings is 1. The summed E-state index contributed by atoms with van der Waals surface area (Å²) in [5.41, 5.74) is 9.20. The SMILES string of the molecule is Cc1ccc(C(N)c2occc2C)cc1Cl. The zero-order chi connectivity index (χ0) is 11.7. The summed E-state index contributed by atoms with van der Waals surface area (Å²) >= 11 is 6.07. The lowest BCUT2D eigenvalue weighted by Crippen LogP contribution is -2.12. The van der Waals surface area contributed by atoms with Gasteiger partial charge in [-0.25, -0.2) is 0 Å². The summed E-state index contributed by atoms with van der Waals surface area (Å²) in [6.07, 6.45) is 1.65. The maximum absolute atomic E-state index is 6.13. The van der Waals surface area contributed by atoms with Gasteiger partial charge in [-0.3, -0.25) is 0 Å². The first kappa shape index (κ1) is 11.2. The highest BCUT2D eigenvalue weighted by atomic mass is 35.5. The van der Waals surface area contributed by atoms with E-state index in [9.17, 15) is 0 Å². The van der Waals surface area contributed by atoms with Crippen molar-refractivity contribution < 1.29 is 4.42 Å². The van der Waals surface area contributed by atoms with Crippen molar-refractivity contribution in [3.63, 3.8) is 0 Å². The lowest BCUT2D eigenvalue weighted by Gasteiger charge is -2.11. The van der Waals surface area contributed by atoms with Crippen molar-refractivity contribution in [3.05, 3.63) is 58.0 Å². The lowest BCUT2D eigenvalue weighted by atomic mass is 10.0. The fraction of sp³-hybridized carbons (Fsp3) is 0.231. The maximum Gasteiger partial charge on any atom is 0.127 e. The molecule has 3 heteroatoms. The van der Waals surface area contributed by atoms with Crippen molar-refractivity contribution in [2.45, 2.75) is 19.9 Å². The van der Waals surface area contributed by atoms with E-state index in [-0.39, 0.29) is 6.04 Å². The van der Waals surface area contributed by atoms with Crippen LogP contribution in [0.5, 0.6) is 0 Å². The first-order valence-electron chi connectivity index (χ1n) is 5.15. The van der Waals surface area contributed by atoms with Gasteiger partial charge in [0.15, 0.2) is 0 Å². The summed E-state index contributed by atoms with van der Waals surface area (Å²) in [6, 6.07) is 7.49. The average molecular weight is 236 g/mol. The molecule has 0 saturated heterocycles. The van der Waals surface area contributed by atoms with Crippen LogP contribution in [-0.4, -0.2) is 0 Å². The Morgan fingerprint density at radius 1 is 1.19 bits per heavy atom. The third kappa shape index (κ3) is 1.99. The summed E-state index contributed by atoms with van der Waals surface area (Å²) in [7, 11) is 0. The van der Waals surface area contributed by atoms with Gasteiger partial charge in [0.1, 0.15) is 5.76 Å². The van der Waals surface area contributed by atoms with Crippen LogP contribution >= 0.6 is 11.6 Å². The predicted octanol–water partition coefficient (Wildman–Crippen LogP) is 3.60. The van der Waals surface area contributed by atoms with E-state index in [4.69, 9.17) is 21.8 Å². The van der Waals surface area contributed by atoms with Crippen molar-refractivity contribution in [3.8, 4) is 0 Å². The van der Waals surface area contributed by atoms with E-state index in [1.807, 2.05) is 38.1 Å². The third-order valence-corrected chi connectivity index (χ3v) is 3.15. The number of benzene rings is 1. The molecule has 1 aromatic carbocycles. The van der Waals surface area contributed by atoms with Crippen molar-refractivity contribution in [2.24, 2.45) is 5.73 Å². The van der Waals surface area contributed by atoms with Gasteiger partial charge in [0.2, 0.25) is 0 Å². The number of rotatable bonds is 2. The van der Waals surface area contributed by atoms with Gasteiger partial charge >= 0.3 is 0 Å². The standard InChI is InChI=1S/C13H14ClNO/c1-8-3-4-10(7-11(8)14)12(15)13-9(2)5-6-16-13/h3-7,12H,15H2,1-2H3.